The molecular formula is C5H5N2O3. The smallest absolute Gasteiger partial charge is 0.306 e. The van der Waals surface area contributed by atoms with Gasteiger partial charge in [-0.05, 0) is 6.92 Å². The van der Waals surface area contributed by atoms with Gasteiger partial charge in [-0.3, -0.25) is 4.79 Å². The van der Waals surface area contributed by atoms with E-state index >= 15 is 0 Å². The predicted octanol–water partition coefficient (Wildman–Crippen LogP) is -0.508. The third kappa shape index (κ3) is 1.19. The maximum Gasteiger partial charge on any atom is 0.306 e. The number of hydrogen-bond acceptors (Lipinski definition) is 5. The Morgan fingerprint density at radius 3 is 3.00 bits per heavy atom. The van der Waals surface area contributed by atoms with Crippen molar-refractivity contribution in [3.05, 3.63) is 12.3 Å². The van der Waals surface area contributed by atoms with Gasteiger partial charge in [0.15, 0.2) is 11.9 Å². The Morgan fingerprint density at radius 1 is 1.90 bits per heavy atom. The summed E-state index contributed by atoms with van der Waals surface area (Å²) >= 11 is 0. The van der Waals surface area contributed by atoms with Crippen molar-refractivity contribution in [2.75, 3.05) is 0 Å². The Hall–Kier alpha value is -1.23. The summed E-state index contributed by atoms with van der Waals surface area (Å²) in [5.74, 6) is -0.551. The first-order valence-electron chi connectivity index (χ1n) is 2.60. The lowest BCUT2D eigenvalue weighted by Crippen LogP contribution is -2.07. The monoisotopic (exact) mass is 141 g/mol. The minimum Gasteiger partial charge on any atom is -0.414 e. The maximum absolute atomic E-state index is 10.5. The molecule has 0 amide bonds. The molecule has 1 aromatic rings. The summed E-state index contributed by atoms with van der Waals surface area (Å²) in [6, 6.07) is 0. The largest absolute Gasteiger partial charge is 0.414 e. The van der Waals surface area contributed by atoms with Crippen molar-refractivity contribution >= 4 is 5.78 Å². The topological polar surface area (TPSA) is 76.2 Å². The van der Waals surface area contributed by atoms with Gasteiger partial charge in [-0.15, -0.1) is 10.2 Å². The van der Waals surface area contributed by atoms with Crippen LogP contribution in [0, 0.1) is 6.39 Å². The highest BCUT2D eigenvalue weighted by Gasteiger charge is 2.17. The second-order valence-corrected chi connectivity index (χ2v) is 1.74. The fraction of sp³-hybridized carbons (Fsp3) is 0.400. The highest BCUT2D eigenvalue weighted by atomic mass is 16.4. The average molecular weight is 141 g/mol. The standard InChI is InChI=1S/C5H5N2O3/c1-3(8)4(9)5-7-6-2-10-5/h4,9H,1H3. The third-order valence-electron chi connectivity index (χ3n) is 0.959. The highest BCUT2D eigenvalue weighted by molar-refractivity contribution is 5.80. The summed E-state index contributed by atoms with van der Waals surface area (Å²) < 4.78 is 4.44. The zero-order valence-electron chi connectivity index (χ0n) is 5.24. The summed E-state index contributed by atoms with van der Waals surface area (Å²) in [5.41, 5.74) is 0. The van der Waals surface area contributed by atoms with Gasteiger partial charge in [0, 0.05) is 0 Å². The van der Waals surface area contributed by atoms with Crippen molar-refractivity contribution in [3.63, 3.8) is 0 Å². The number of ketones is 1. The van der Waals surface area contributed by atoms with Crippen LogP contribution in [0.5, 0.6) is 0 Å². The molecule has 53 valence electrons. The molecule has 1 rings (SSSR count). The lowest BCUT2D eigenvalue weighted by molar-refractivity contribution is -0.126. The minimum atomic E-state index is -1.31. The van der Waals surface area contributed by atoms with Gasteiger partial charge >= 0.3 is 6.39 Å². The van der Waals surface area contributed by atoms with Gasteiger partial charge in [-0.2, -0.15) is 0 Å². The number of aromatic nitrogens is 2. The van der Waals surface area contributed by atoms with Crippen LogP contribution in [0.3, 0.4) is 0 Å². The summed E-state index contributed by atoms with van der Waals surface area (Å²) in [4.78, 5) is 10.5. The van der Waals surface area contributed by atoms with Crippen molar-refractivity contribution in [3.8, 4) is 0 Å². The number of Topliss-reactive ketones (excluding diaryl/α,β-unsaturated/α-hetero) is 1. The van der Waals surface area contributed by atoms with Gasteiger partial charge in [-0.25, -0.2) is 0 Å². The zero-order valence-corrected chi connectivity index (χ0v) is 5.24. The van der Waals surface area contributed by atoms with Crippen LogP contribution < -0.4 is 0 Å². The molecule has 1 unspecified atom stereocenters. The van der Waals surface area contributed by atoms with Crippen LogP contribution in [0.25, 0.3) is 0 Å². The molecule has 0 fully saturated rings. The van der Waals surface area contributed by atoms with Crippen molar-refractivity contribution in [1.29, 1.82) is 0 Å². The maximum atomic E-state index is 10.5. The molecule has 1 aromatic heterocycles. The number of nitrogens with zero attached hydrogens (tertiary/aromatic N) is 2. The quantitative estimate of drug-likeness (QED) is 0.600. The van der Waals surface area contributed by atoms with Crippen LogP contribution in [0.15, 0.2) is 4.42 Å². The molecule has 0 aliphatic rings. The zero-order chi connectivity index (χ0) is 7.56. The Balaban J connectivity index is 2.77. The average Bonchev–Trinajstić information content (AvgIpc) is 2.36. The second kappa shape index (κ2) is 2.57. The number of aliphatic hydroxyl groups is 1. The molecule has 0 saturated heterocycles. The summed E-state index contributed by atoms with van der Waals surface area (Å²) in [5, 5.41) is 15.4. The lowest BCUT2D eigenvalue weighted by atomic mass is 10.2. The normalized spacial score (nSPS) is 13.0. The molecule has 0 aliphatic carbocycles. The molecule has 0 spiro atoms. The first-order chi connectivity index (χ1) is 4.72. The molecule has 1 radical (unpaired) electrons. The summed E-state index contributed by atoms with van der Waals surface area (Å²) in [7, 11) is 0. The van der Waals surface area contributed by atoms with Gasteiger partial charge in [0.05, 0.1) is 0 Å². The third-order valence-corrected chi connectivity index (χ3v) is 0.959. The molecule has 0 bridgehead atoms. The molecule has 5 heteroatoms. The number of carbonyl (C=O) groups is 1. The van der Waals surface area contributed by atoms with Crippen molar-refractivity contribution in [2.24, 2.45) is 0 Å². The van der Waals surface area contributed by atoms with Crippen LogP contribution in [-0.4, -0.2) is 21.1 Å². The summed E-state index contributed by atoms with van der Waals surface area (Å²) in [6.07, 6.45) is 0.710. The van der Waals surface area contributed by atoms with Crippen molar-refractivity contribution in [2.45, 2.75) is 13.0 Å². The van der Waals surface area contributed by atoms with E-state index in [1.165, 1.54) is 6.92 Å². The highest BCUT2D eigenvalue weighted by Crippen LogP contribution is 2.07. The van der Waals surface area contributed by atoms with E-state index < -0.39 is 11.9 Å². The van der Waals surface area contributed by atoms with E-state index in [4.69, 9.17) is 5.11 Å². The van der Waals surface area contributed by atoms with Crippen LogP contribution in [-0.2, 0) is 4.79 Å². The predicted molar refractivity (Wildman–Crippen MR) is 28.8 cm³/mol. The first-order valence-corrected chi connectivity index (χ1v) is 2.60. The number of aliphatic hydroxyl groups excluding tert-OH is 1. The van der Waals surface area contributed by atoms with E-state index in [2.05, 4.69) is 14.6 Å². The van der Waals surface area contributed by atoms with Gasteiger partial charge in [0.2, 0.25) is 0 Å². The molecule has 0 saturated carbocycles. The molecule has 1 N–H and O–H groups in total. The van der Waals surface area contributed by atoms with Gasteiger partial charge < -0.3 is 9.52 Å². The van der Waals surface area contributed by atoms with E-state index in [0.29, 0.717) is 0 Å². The van der Waals surface area contributed by atoms with Gasteiger partial charge in [-0.1, -0.05) is 0 Å². The van der Waals surface area contributed by atoms with Crippen molar-refractivity contribution < 1.29 is 14.3 Å². The van der Waals surface area contributed by atoms with Crippen molar-refractivity contribution in [1.82, 2.24) is 10.2 Å². The minimum absolute atomic E-state index is 0.118. The molecule has 10 heavy (non-hydrogen) atoms. The molecule has 1 heterocycles. The van der Waals surface area contributed by atoms with E-state index in [1.807, 2.05) is 6.39 Å². The fourth-order valence-electron chi connectivity index (χ4n) is 0.442. The fourth-order valence-corrected chi connectivity index (χ4v) is 0.442. The van der Waals surface area contributed by atoms with E-state index in [9.17, 15) is 4.79 Å². The molecule has 5 nitrogen and oxygen atoms in total. The first kappa shape index (κ1) is 6.88. The summed E-state index contributed by atoms with van der Waals surface area (Å²) in [6.45, 7) is 1.23. The van der Waals surface area contributed by atoms with E-state index in [1.54, 1.807) is 0 Å². The Labute approximate surface area is 56.7 Å². The Bertz CT molecular complexity index is 219. The van der Waals surface area contributed by atoms with Gasteiger partial charge in [0.25, 0.3) is 5.89 Å². The number of carbonyl (C=O) groups excluding carboxylic acids is 1. The number of rotatable bonds is 2. The molecule has 1 atom stereocenters. The van der Waals surface area contributed by atoms with Crippen LogP contribution in [0.4, 0.5) is 0 Å². The molecule has 0 aromatic carbocycles. The SMILES string of the molecule is CC(=O)C(O)c1nn[c]o1. The molecule has 0 aliphatic heterocycles. The second-order valence-electron chi connectivity index (χ2n) is 1.74. The van der Waals surface area contributed by atoms with Gasteiger partial charge in [0.1, 0.15) is 0 Å². The number of hydrogen-bond donors (Lipinski definition) is 1. The lowest BCUT2D eigenvalue weighted by Gasteiger charge is -1.96. The van der Waals surface area contributed by atoms with Crippen LogP contribution in [0.2, 0.25) is 0 Å². The Kier molecular flexibility index (Phi) is 1.77. The van der Waals surface area contributed by atoms with E-state index in [0.717, 1.165) is 0 Å². The van der Waals surface area contributed by atoms with E-state index in [-0.39, 0.29) is 5.89 Å². The Morgan fingerprint density at radius 2 is 2.60 bits per heavy atom. The molecular weight excluding hydrogens is 136 g/mol. The van der Waals surface area contributed by atoms with Crippen LogP contribution >= 0.6 is 0 Å². The van der Waals surface area contributed by atoms with Crippen LogP contribution in [0.1, 0.15) is 18.9 Å².